The molecule has 1 fully saturated rings. The molecule has 5 nitrogen and oxygen atoms in total. The molecule has 25 heavy (non-hydrogen) atoms. The summed E-state index contributed by atoms with van der Waals surface area (Å²) >= 11 is 5.07. The van der Waals surface area contributed by atoms with Crippen LogP contribution in [0.1, 0.15) is 23.9 Å². The Kier molecular flexibility index (Phi) is 6.27. The van der Waals surface area contributed by atoms with Gasteiger partial charge in [0.1, 0.15) is 5.01 Å². The third-order valence-electron chi connectivity index (χ3n) is 4.41. The number of sulfonamides is 1. The lowest BCUT2D eigenvalue weighted by Crippen LogP contribution is -2.35. The van der Waals surface area contributed by atoms with E-state index in [1.54, 1.807) is 27.8 Å². The standard InChI is InChI=1S/C17H22BrN3O2S2/c1-2-14-12-15(18)4-5-16(14)25(22,23)21-8-3-7-20(9-10-21)13-17-19-6-11-24-17/h4-6,11-12H,2-3,7-10,13H2,1H3. The van der Waals surface area contributed by atoms with Crippen molar-refractivity contribution in [3.63, 3.8) is 0 Å². The number of hydrogen-bond acceptors (Lipinski definition) is 5. The van der Waals surface area contributed by atoms with Crippen molar-refractivity contribution in [3.05, 3.63) is 44.8 Å². The topological polar surface area (TPSA) is 53.5 Å². The van der Waals surface area contributed by atoms with E-state index in [0.29, 0.717) is 24.4 Å². The molecule has 2 heterocycles. The second-order valence-electron chi connectivity index (χ2n) is 6.07. The summed E-state index contributed by atoms with van der Waals surface area (Å²) in [5.41, 5.74) is 0.860. The molecule has 0 aliphatic carbocycles. The monoisotopic (exact) mass is 443 g/mol. The van der Waals surface area contributed by atoms with Gasteiger partial charge in [0.25, 0.3) is 0 Å². The SMILES string of the molecule is CCc1cc(Br)ccc1S(=O)(=O)N1CCCN(Cc2nccs2)CC1. The van der Waals surface area contributed by atoms with E-state index in [4.69, 9.17) is 0 Å². The average molecular weight is 444 g/mol. The van der Waals surface area contributed by atoms with Crippen LogP contribution in [0, 0.1) is 0 Å². The third-order valence-corrected chi connectivity index (χ3v) is 7.67. The Balaban J connectivity index is 1.75. The molecule has 1 aliphatic heterocycles. The number of aromatic nitrogens is 1. The molecular weight excluding hydrogens is 422 g/mol. The van der Waals surface area contributed by atoms with Crippen LogP contribution in [0.4, 0.5) is 0 Å². The summed E-state index contributed by atoms with van der Waals surface area (Å²) in [5.74, 6) is 0. The fourth-order valence-corrected chi connectivity index (χ4v) is 5.89. The molecule has 136 valence electrons. The highest BCUT2D eigenvalue weighted by Crippen LogP contribution is 2.25. The molecule has 0 bridgehead atoms. The summed E-state index contributed by atoms with van der Waals surface area (Å²) < 4.78 is 28.8. The second kappa shape index (κ2) is 8.26. The van der Waals surface area contributed by atoms with Crippen molar-refractivity contribution < 1.29 is 8.42 Å². The molecule has 1 aromatic heterocycles. The van der Waals surface area contributed by atoms with E-state index in [2.05, 4.69) is 25.8 Å². The van der Waals surface area contributed by atoms with Gasteiger partial charge in [0, 0.05) is 35.7 Å². The predicted octanol–water partition coefficient (Wildman–Crippen LogP) is 3.36. The van der Waals surface area contributed by atoms with Gasteiger partial charge in [-0.05, 0) is 43.1 Å². The Bertz CT molecular complexity index is 809. The number of hydrogen-bond donors (Lipinski definition) is 0. The van der Waals surface area contributed by atoms with E-state index >= 15 is 0 Å². The number of nitrogens with zero attached hydrogens (tertiary/aromatic N) is 3. The number of rotatable bonds is 5. The van der Waals surface area contributed by atoms with Crippen LogP contribution in [0.3, 0.4) is 0 Å². The summed E-state index contributed by atoms with van der Waals surface area (Å²) in [4.78, 5) is 7.05. The highest BCUT2D eigenvalue weighted by atomic mass is 79.9. The van der Waals surface area contributed by atoms with Crippen LogP contribution in [0.5, 0.6) is 0 Å². The van der Waals surface area contributed by atoms with E-state index in [-0.39, 0.29) is 0 Å². The molecule has 0 N–H and O–H groups in total. The lowest BCUT2D eigenvalue weighted by Gasteiger charge is -2.22. The maximum absolute atomic E-state index is 13.1. The third kappa shape index (κ3) is 4.49. The number of aryl methyl sites for hydroxylation is 1. The van der Waals surface area contributed by atoms with E-state index in [9.17, 15) is 8.42 Å². The van der Waals surface area contributed by atoms with Crippen LogP contribution < -0.4 is 0 Å². The molecule has 2 aromatic rings. The number of halogens is 1. The van der Waals surface area contributed by atoms with Gasteiger partial charge in [-0.3, -0.25) is 4.90 Å². The molecule has 0 saturated carbocycles. The van der Waals surface area contributed by atoms with Gasteiger partial charge in [-0.2, -0.15) is 4.31 Å². The van der Waals surface area contributed by atoms with Crippen molar-refractivity contribution in [2.75, 3.05) is 26.2 Å². The number of thiazole rings is 1. The predicted molar refractivity (Wildman–Crippen MR) is 104 cm³/mol. The molecule has 0 spiro atoms. The normalized spacial score (nSPS) is 17.5. The van der Waals surface area contributed by atoms with E-state index in [0.717, 1.165) is 41.1 Å². The van der Waals surface area contributed by atoms with Gasteiger partial charge in [0.2, 0.25) is 10.0 Å². The zero-order valence-electron chi connectivity index (χ0n) is 14.2. The Morgan fingerprint density at radius 3 is 2.80 bits per heavy atom. The van der Waals surface area contributed by atoms with Crippen molar-refractivity contribution in [2.24, 2.45) is 0 Å². The molecule has 0 radical (unpaired) electrons. The molecular formula is C17H22BrN3O2S2. The summed E-state index contributed by atoms with van der Waals surface area (Å²) in [6.45, 7) is 5.50. The van der Waals surface area contributed by atoms with Crippen molar-refractivity contribution in [1.82, 2.24) is 14.2 Å². The van der Waals surface area contributed by atoms with Crippen LogP contribution in [-0.4, -0.2) is 48.8 Å². The Labute approximate surface area is 161 Å². The Morgan fingerprint density at radius 1 is 1.24 bits per heavy atom. The largest absolute Gasteiger partial charge is 0.295 e. The van der Waals surface area contributed by atoms with Crippen molar-refractivity contribution >= 4 is 37.3 Å². The fourth-order valence-electron chi connectivity index (χ4n) is 3.08. The molecule has 0 unspecified atom stereocenters. The first-order chi connectivity index (χ1) is 12.0. The smallest absolute Gasteiger partial charge is 0.243 e. The van der Waals surface area contributed by atoms with Crippen LogP contribution in [0.2, 0.25) is 0 Å². The molecule has 1 saturated heterocycles. The van der Waals surface area contributed by atoms with Crippen LogP contribution in [0.15, 0.2) is 39.1 Å². The zero-order chi connectivity index (χ0) is 17.9. The molecule has 1 aromatic carbocycles. The minimum absolute atomic E-state index is 0.437. The van der Waals surface area contributed by atoms with E-state index < -0.39 is 10.0 Å². The van der Waals surface area contributed by atoms with Gasteiger partial charge < -0.3 is 0 Å². The van der Waals surface area contributed by atoms with Gasteiger partial charge in [-0.25, -0.2) is 13.4 Å². The maximum atomic E-state index is 13.1. The highest BCUT2D eigenvalue weighted by molar-refractivity contribution is 9.10. The minimum atomic E-state index is -3.46. The van der Waals surface area contributed by atoms with Gasteiger partial charge in [-0.15, -0.1) is 11.3 Å². The lowest BCUT2D eigenvalue weighted by molar-refractivity contribution is 0.278. The maximum Gasteiger partial charge on any atom is 0.243 e. The molecule has 8 heteroatoms. The van der Waals surface area contributed by atoms with Crippen molar-refractivity contribution in [1.29, 1.82) is 0 Å². The molecule has 0 atom stereocenters. The van der Waals surface area contributed by atoms with Gasteiger partial charge in [0.05, 0.1) is 11.4 Å². The summed E-state index contributed by atoms with van der Waals surface area (Å²) in [7, 11) is -3.46. The second-order valence-corrected chi connectivity index (χ2v) is 9.87. The minimum Gasteiger partial charge on any atom is -0.295 e. The molecule has 3 rings (SSSR count). The van der Waals surface area contributed by atoms with Crippen molar-refractivity contribution in [3.8, 4) is 0 Å². The quantitative estimate of drug-likeness (QED) is 0.710. The lowest BCUT2D eigenvalue weighted by atomic mass is 10.2. The average Bonchev–Trinajstić information content (AvgIpc) is 2.98. The summed E-state index contributed by atoms with van der Waals surface area (Å²) in [5, 5.41) is 3.06. The first kappa shape index (κ1) is 19.0. The van der Waals surface area contributed by atoms with Crippen LogP contribution in [0.25, 0.3) is 0 Å². The molecule has 1 aliphatic rings. The molecule has 0 amide bonds. The van der Waals surface area contributed by atoms with E-state index in [1.165, 1.54) is 0 Å². The van der Waals surface area contributed by atoms with Gasteiger partial charge in [-0.1, -0.05) is 22.9 Å². The van der Waals surface area contributed by atoms with Crippen molar-refractivity contribution in [2.45, 2.75) is 31.2 Å². The highest BCUT2D eigenvalue weighted by Gasteiger charge is 2.28. The van der Waals surface area contributed by atoms with Crippen LogP contribution in [-0.2, 0) is 23.0 Å². The van der Waals surface area contributed by atoms with Gasteiger partial charge >= 0.3 is 0 Å². The fraction of sp³-hybridized carbons (Fsp3) is 0.471. The zero-order valence-corrected chi connectivity index (χ0v) is 17.4. The van der Waals surface area contributed by atoms with Crippen LogP contribution >= 0.6 is 27.3 Å². The van der Waals surface area contributed by atoms with Gasteiger partial charge in [0.15, 0.2) is 0 Å². The Morgan fingerprint density at radius 2 is 2.08 bits per heavy atom. The first-order valence-corrected chi connectivity index (χ1v) is 11.5. The van der Waals surface area contributed by atoms with E-state index in [1.807, 2.05) is 24.6 Å². The summed E-state index contributed by atoms with van der Waals surface area (Å²) in [6, 6.07) is 5.43. The number of benzene rings is 1. The Hall–Kier alpha value is -0.800. The summed E-state index contributed by atoms with van der Waals surface area (Å²) in [6.07, 6.45) is 3.34. The first-order valence-electron chi connectivity index (χ1n) is 8.40.